The molecule has 0 N–H and O–H groups in total. The fourth-order valence-corrected chi connectivity index (χ4v) is 3.30. The average molecular weight is 396 g/mol. The van der Waals surface area contributed by atoms with Crippen molar-refractivity contribution in [1.82, 2.24) is 4.90 Å². The highest BCUT2D eigenvalue weighted by Gasteiger charge is 2.31. The van der Waals surface area contributed by atoms with E-state index < -0.39 is 23.5 Å². The zero-order valence-corrected chi connectivity index (χ0v) is 16.7. The summed E-state index contributed by atoms with van der Waals surface area (Å²) >= 11 is 0. The van der Waals surface area contributed by atoms with Crippen LogP contribution in [-0.2, 0) is 22.6 Å². The summed E-state index contributed by atoms with van der Waals surface area (Å²) in [6.07, 6.45) is -0.467. The van der Waals surface area contributed by atoms with E-state index >= 15 is 0 Å². The van der Waals surface area contributed by atoms with Gasteiger partial charge in [-0.15, -0.1) is 0 Å². The lowest BCUT2D eigenvalue weighted by Crippen LogP contribution is -2.33. The second-order valence-corrected chi connectivity index (χ2v) is 7.79. The van der Waals surface area contributed by atoms with Gasteiger partial charge in [-0.2, -0.15) is 5.26 Å². The maximum absolute atomic E-state index is 13.8. The second kappa shape index (κ2) is 7.55. The summed E-state index contributed by atoms with van der Waals surface area (Å²) < 4.78 is 24.0. The second-order valence-electron chi connectivity index (χ2n) is 7.79. The van der Waals surface area contributed by atoms with E-state index in [1.165, 1.54) is 24.1 Å². The van der Waals surface area contributed by atoms with Crippen LogP contribution in [0.1, 0.15) is 47.8 Å². The lowest BCUT2D eigenvalue weighted by Gasteiger charge is -2.24. The van der Waals surface area contributed by atoms with E-state index in [1.54, 1.807) is 32.9 Å². The molecule has 0 saturated carbocycles. The molecule has 1 aliphatic heterocycles. The molecule has 0 saturated heterocycles. The molecule has 1 heterocycles. The van der Waals surface area contributed by atoms with Crippen LogP contribution in [0, 0.1) is 17.1 Å². The van der Waals surface area contributed by atoms with Crippen molar-refractivity contribution in [1.29, 1.82) is 5.26 Å². The van der Waals surface area contributed by atoms with Crippen molar-refractivity contribution in [2.75, 3.05) is 7.11 Å². The maximum atomic E-state index is 13.8. The van der Waals surface area contributed by atoms with Gasteiger partial charge < -0.3 is 9.47 Å². The highest BCUT2D eigenvalue weighted by Crippen LogP contribution is 2.36. The fourth-order valence-electron chi connectivity index (χ4n) is 3.30. The zero-order valence-electron chi connectivity index (χ0n) is 16.7. The quantitative estimate of drug-likeness (QED) is 0.703. The van der Waals surface area contributed by atoms with E-state index in [4.69, 9.17) is 9.47 Å². The summed E-state index contributed by atoms with van der Waals surface area (Å²) in [7, 11) is 1.22. The Morgan fingerprint density at radius 3 is 2.48 bits per heavy atom. The number of carbonyl (C=O) groups is 2. The topological polar surface area (TPSA) is 79.6 Å². The number of hydrogen-bond donors (Lipinski definition) is 0. The molecule has 6 nitrogen and oxygen atoms in total. The van der Waals surface area contributed by atoms with Gasteiger partial charge in [0.15, 0.2) is 0 Å². The Bertz CT molecular complexity index is 1030. The number of methoxy groups -OCH3 is 1. The Morgan fingerprint density at radius 2 is 1.86 bits per heavy atom. The van der Waals surface area contributed by atoms with Crippen LogP contribution >= 0.6 is 0 Å². The van der Waals surface area contributed by atoms with Crippen LogP contribution in [0.4, 0.5) is 9.18 Å². The van der Waals surface area contributed by atoms with Crippen molar-refractivity contribution in [3.05, 3.63) is 58.4 Å². The zero-order chi connectivity index (χ0) is 21.3. The van der Waals surface area contributed by atoms with Gasteiger partial charge in [0.2, 0.25) is 0 Å². The lowest BCUT2D eigenvalue weighted by molar-refractivity contribution is 0.0241. The molecule has 3 rings (SSSR count). The predicted octanol–water partition coefficient (Wildman–Crippen LogP) is 4.40. The number of nitriles is 1. The van der Waals surface area contributed by atoms with Gasteiger partial charge in [-0.25, -0.2) is 14.0 Å². The Hall–Kier alpha value is -3.40. The molecule has 2 aromatic rings. The Morgan fingerprint density at radius 1 is 1.14 bits per heavy atom. The van der Waals surface area contributed by atoms with Gasteiger partial charge in [-0.1, -0.05) is 6.07 Å². The van der Waals surface area contributed by atoms with Crippen molar-refractivity contribution >= 4 is 12.1 Å². The van der Waals surface area contributed by atoms with Crippen molar-refractivity contribution in [2.45, 2.75) is 39.5 Å². The number of halogens is 1. The number of hydrogen-bond acceptors (Lipinski definition) is 5. The van der Waals surface area contributed by atoms with Crippen LogP contribution in [0.5, 0.6) is 0 Å². The summed E-state index contributed by atoms with van der Waals surface area (Å²) in [6.45, 7) is 5.89. The first-order valence-electron chi connectivity index (χ1n) is 9.05. The molecule has 0 spiro atoms. The molecule has 0 unspecified atom stereocenters. The van der Waals surface area contributed by atoms with Crippen LogP contribution in [-0.4, -0.2) is 29.7 Å². The molecule has 1 amide bonds. The van der Waals surface area contributed by atoms with E-state index in [9.17, 15) is 19.2 Å². The summed E-state index contributed by atoms with van der Waals surface area (Å²) in [6, 6.07) is 9.28. The van der Waals surface area contributed by atoms with Gasteiger partial charge in [0.25, 0.3) is 0 Å². The number of benzene rings is 2. The van der Waals surface area contributed by atoms with E-state index in [-0.39, 0.29) is 18.7 Å². The van der Waals surface area contributed by atoms with Crippen molar-refractivity contribution < 1.29 is 23.5 Å². The Kier molecular flexibility index (Phi) is 5.29. The van der Waals surface area contributed by atoms with Crippen molar-refractivity contribution in [3.63, 3.8) is 0 Å². The number of fused-ring (bicyclic) bond motifs is 1. The first-order valence-corrected chi connectivity index (χ1v) is 9.05. The highest BCUT2D eigenvalue weighted by atomic mass is 19.1. The molecule has 0 radical (unpaired) electrons. The van der Waals surface area contributed by atoms with Crippen molar-refractivity contribution in [3.8, 4) is 17.2 Å². The van der Waals surface area contributed by atoms with Gasteiger partial charge in [0.05, 0.1) is 30.9 Å². The molecule has 7 heteroatoms. The molecule has 0 aliphatic carbocycles. The van der Waals surface area contributed by atoms with E-state index in [0.29, 0.717) is 16.7 Å². The van der Waals surface area contributed by atoms with Gasteiger partial charge in [-0.3, -0.25) is 4.90 Å². The molecule has 1 aliphatic rings. The summed E-state index contributed by atoms with van der Waals surface area (Å²) in [5.41, 5.74) is 2.40. The normalized spacial score (nSPS) is 12.9. The highest BCUT2D eigenvalue weighted by molar-refractivity contribution is 5.98. The smallest absolute Gasteiger partial charge is 0.410 e. The minimum atomic E-state index is -0.683. The monoisotopic (exact) mass is 396 g/mol. The number of nitrogens with zero attached hydrogens (tertiary/aromatic N) is 2. The summed E-state index contributed by atoms with van der Waals surface area (Å²) in [4.78, 5) is 26.2. The standard InChI is InChI=1S/C22H21FN2O4/c1-22(2,3)29-21(27)25-11-14-7-13(10-24)8-17(19(14)12-25)16-6-5-15(23)9-18(16)20(26)28-4/h5-9H,11-12H2,1-4H3. The number of rotatable bonds is 2. The third-order valence-electron chi connectivity index (χ3n) is 4.51. The van der Waals surface area contributed by atoms with Crippen LogP contribution in [0.3, 0.4) is 0 Å². The summed E-state index contributed by atoms with van der Waals surface area (Å²) in [5.74, 6) is -1.25. The molecule has 2 aromatic carbocycles. The molecule has 0 bridgehead atoms. The minimum Gasteiger partial charge on any atom is -0.465 e. The van der Waals surface area contributed by atoms with Gasteiger partial charge in [0.1, 0.15) is 11.4 Å². The maximum Gasteiger partial charge on any atom is 0.410 e. The molecule has 0 aromatic heterocycles. The lowest BCUT2D eigenvalue weighted by atomic mass is 9.91. The third-order valence-corrected chi connectivity index (χ3v) is 4.51. The van der Waals surface area contributed by atoms with Gasteiger partial charge in [-0.05, 0) is 67.3 Å². The van der Waals surface area contributed by atoms with Crippen LogP contribution in [0.25, 0.3) is 11.1 Å². The number of amides is 1. The fraction of sp³-hybridized carbons (Fsp3) is 0.318. The third kappa shape index (κ3) is 4.21. The molecular formula is C22H21FN2O4. The Labute approximate surface area is 168 Å². The first-order chi connectivity index (χ1) is 13.6. The van der Waals surface area contributed by atoms with E-state index in [2.05, 4.69) is 6.07 Å². The largest absolute Gasteiger partial charge is 0.465 e. The van der Waals surface area contributed by atoms with Gasteiger partial charge >= 0.3 is 12.1 Å². The molecule has 0 fully saturated rings. The molecule has 150 valence electrons. The number of carbonyl (C=O) groups excluding carboxylic acids is 2. The van der Waals surface area contributed by atoms with Gasteiger partial charge in [0, 0.05) is 6.54 Å². The SMILES string of the molecule is COC(=O)c1cc(F)ccc1-c1cc(C#N)cc2c1CN(C(=O)OC(C)(C)C)C2. The molecular weight excluding hydrogens is 375 g/mol. The number of ether oxygens (including phenoxy) is 2. The summed E-state index contributed by atoms with van der Waals surface area (Å²) in [5, 5.41) is 9.43. The van der Waals surface area contributed by atoms with Crippen molar-refractivity contribution in [2.24, 2.45) is 0 Å². The molecule has 0 atom stereocenters. The van der Waals surface area contributed by atoms with Crippen LogP contribution < -0.4 is 0 Å². The number of esters is 1. The molecule has 29 heavy (non-hydrogen) atoms. The van der Waals surface area contributed by atoms with E-state index in [1.807, 2.05) is 0 Å². The average Bonchev–Trinajstić information content (AvgIpc) is 3.09. The van der Waals surface area contributed by atoms with Crippen LogP contribution in [0.15, 0.2) is 30.3 Å². The predicted molar refractivity (Wildman–Crippen MR) is 103 cm³/mol. The first kappa shape index (κ1) is 20.3. The Balaban J connectivity index is 2.09. The van der Waals surface area contributed by atoms with Crippen LogP contribution in [0.2, 0.25) is 0 Å². The van der Waals surface area contributed by atoms with E-state index in [0.717, 1.165) is 17.2 Å². The minimum absolute atomic E-state index is 0.0560.